The zero-order chi connectivity index (χ0) is 24.0. The zero-order valence-electron chi connectivity index (χ0n) is 17.9. The highest BCUT2D eigenvalue weighted by Gasteiger charge is 2.35. The Labute approximate surface area is 197 Å². The van der Waals surface area contributed by atoms with Crippen molar-refractivity contribution in [3.8, 4) is 0 Å². The van der Waals surface area contributed by atoms with Crippen LogP contribution in [0.2, 0.25) is 0 Å². The number of carbonyl (C=O) groups is 1. The summed E-state index contributed by atoms with van der Waals surface area (Å²) in [5.74, 6) is -0.596. The van der Waals surface area contributed by atoms with Crippen molar-refractivity contribution >= 4 is 40.1 Å². The highest BCUT2D eigenvalue weighted by molar-refractivity contribution is 8.00. The van der Waals surface area contributed by atoms with Crippen LogP contribution in [0.15, 0.2) is 71.6 Å². The lowest BCUT2D eigenvalue weighted by atomic mass is 10.1. The zero-order valence-corrected chi connectivity index (χ0v) is 18.7. The summed E-state index contributed by atoms with van der Waals surface area (Å²) in [5.41, 5.74) is 2.49. The first-order valence-corrected chi connectivity index (χ1v) is 11.3. The van der Waals surface area contributed by atoms with Gasteiger partial charge in [0.25, 0.3) is 0 Å². The van der Waals surface area contributed by atoms with Crippen molar-refractivity contribution in [1.29, 1.82) is 0 Å². The van der Waals surface area contributed by atoms with Gasteiger partial charge < -0.3 is 10.3 Å². The molecule has 4 nitrogen and oxygen atoms in total. The number of rotatable bonds is 4. The van der Waals surface area contributed by atoms with Crippen LogP contribution in [0.5, 0.6) is 0 Å². The molecule has 174 valence electrons. The molecule has 9 heteroatoms. The Balaban J connectivity index is 1.51. The molecule has 0 saturated carbocycles. The van der Waals surface area contributed by atoms with Crippen LogP contribution in [0.3, 0.4) is 0 Å². The van der Waals surface area contributed by atoms with Gasteiger partial charge in [-0.1, -0.05) is 12.1 Å². The summed E-state index contributed by atoms with van der Waals surface area (Å²) < 4.78 is 54.8. The number of hydrogen-bond donors (Lipinski definition) is 2. The van der Waals surface area contributed by atoms with Crippen LogP contribution in [0.4, 0.5) is 28.9 Å². The molecular formula is C25H19F4N3OS. The quantitative estimate of drug-likeness (QED) is 0.249. The van der Waals surface area contributed by atoms with Gasteiger partial charge >= 0.3 is 6.18 Å². The largest absolute Gasteiger partial charge is 0.416 e. The molecule has 0 aliphatic carbocycles. The van der Waals surface area contributed by atoms with E-state index in [1.807, 2.05) is 22.5 Å². The fourth-order valence-electron chi connectivity index (χ4n) is 4.06. The molecule has 1 aromatic heterocycles. The SMILES string of the molecule is Cc1cc(C(F)(F)F)ccc1SN1c2ccccc2NC(=O)C1Cc1cc2ccc(F)cc2[nH]1. The van der Waals surface area contributed by atoms with Gasteiger partial charge in [-0.05, 0) is 84.4 Å². The Morgan fingerprint density at radius 1 is 1.03 bits per heavy atom. The van der Waals surface area contributed by atoms with E-state index in [0.29, 0.717) is 28.1 Å². The van der Waals surface area contributed by atoms with Gasteiger partial charge in [-0.15, -0.1) is 0 Å². The van der Waals surface area contributed by atoms with Crippen LogP contribution in [-0.2, 0) is 17.4 Å². The van der Waals surface area contributed by atoms with E-state index in [4.69, 9.17) is 0 Å². The lowest BCUT2D eigenvalue weighted by molar-refractivity contribution is -0.137. The summed E-state index contributed by atoms with van der Waals surface area (Å²) >= 11 is 1.22. The number of nitrogens with zero attached hydrogens (tertiary/aromatic N) is 1. The summed E-state index contributed by atoms with van der Waals surface area (Å²) in [6.45, 7) is 1.62. The Kier molecular flexibility index (Phi) is 5.51. The van der Waals surface area contributed by atoms with Gasteiger partial charge in [0, 0.05) is 22.5 Å². The second-order valence-corrected chi connectivity index (χ2v) is 9.16. The highest BCUT2D eigenvalue weighted by atomic mass is 32.2. The number of anilines is 2. The molecule has 1 unspecified atom stereocenters. The maximum atomic E-state index is 13.6. The first kappa shape index (κ1) is 22.3. The molecule has 0 bridgehead atoms. The van der Waals surface area contributed by atoms with Crippen molar-refractivity contribution in [2.24, 2.45) is 0 Å². The van der Waals surface area contributed by atoms with Crippen LogP contribution in [0, 0.1) is 12.7 Å². The third kappa shape index (κ3) is 4.23. The second-order valence-electron chi connectivity index (χ2n) is 8.15. The number of aromatic nitrogens is 1. The first-order valence-electron chi connectivity index (χ1n) is 10.5. The third-order valence-electron chi connectivity index (χ3n) is 5.74. The fraction of sp³-hybridized carbons (Fsp3) is 0.160. The molecule has 1 aliphatic rings. The Hall–Kier alpha value is -3.46. The number of halogens is 4. The topological polar surface area (TPSA) is 48.1 Å². The molecule has 34 heavy (non-hydrogen) atoms. The molecule has 1 aliphatic heterocycles. The molecule has 0 saturated heterocycles. The van der Waals surface area contributed by atoms with E-state index in [1.165, 1.54) is 30.1 Å². The van der Waals surface area contributed by atoms with Gasteiger partial charge in [-0.3, -0.25) is 9.10 Å². The van der Waals surface area contributed by atoms with Crippen molar-refractivity contribution in [2.75, 3.05) is 9.62 Å². The van der Waals surface area contributed by atoms with E-state index in [9.17, 15) is 22.4 Å². The first-order chi connectivity index (χ1) is 16.2. The van der Waals surface area contributed by atoms with Crippen LogP contribution in [0.1, 0.15) is 16.8 Å². The molecule has 0 spiro atoms. The summed E-state index contributed by atoms with van der Waals surface area (Å²) in [6, 6.07) is 16.5. The van der Waals surface area contributed by atoms with E-state index < -0.39 is 17.8 Å². The number of nitrogens with one attached hydrogen (secondary N) is 2. The average molecular weight is 486 g/mol. The number of H-pyrrole nitrogens is 1. The van der Waals surface area contributed by atoms with Crippen molar-refractivity contribution in [1.82, 2.24) is 4.98 Å². The Morgan fingerprint density at radius 2 is 1.82 bits per heavy atom. The van der Waals surface area contributed by atoms with E-state index in [2.05, 4.69) is 10.3 Å². The smallest absolute Gasteiger partial charge is 0.358 e. The van der Waals surface area contributed by atoms with E-state index in [-0.39, 0.29) is 11.7 Å². The molecule has 0 radical (unpaired) electrons. The molecule has 1 amide bonds. The number of amides is 1. The summed E-state index contributed by atoms with van der Waals surface area (Å²) in [5, 5.41) is 3.74. The van der Waals surface area contributed by atoms with E-state index >= 15 is 0 Å². The number of para-hydroxylation sites is 2. The van der Waals surface area contributed by atoms with Gasteiger partial charge in [-0.2, -0.15) is 13.2 Å². The minimum Gasteiger partial charge on any atom is -0.358 e. The molecule has 4 aromatic rings. The summed E-state index contributed by atoms with van der Waals surface area (Å²) in [6.07, 6.45) is -4.13. The van der Waals surface area contributed by atoms with E-state index in [0.717, 1.165) is 28.9 Å². The normalized spacial score (nSPS) is 16.0. The van der Waals surface area contributed by atoms with Crippen LogP contribution in [0.25, 0.3) is 10.9 Å². The predicted octanol–water partition coefficient (Wildman–Crippen LogP) is 6.71. The van der Waals surface area contributed by atoms with Crippen LogP contribution < -0.4 is 9.62 Å². The average Bonchev–Trinajstić information content (AvgIpc) is 3.18. The molecule has 2 N–H and O–H groups in total. The van der Waals surface area contributed by atoms with Crippen LogP contribution >= 0.6 is 11.9 Å². The van der Waals surface area contributed by atoms with Gasteiger partial charge in [0.05, 0.1) is 16.9 Å². The maximum absolute atomic E-state index is 13.6. The number of fused-ring (bicyclic) bond motifs is 2. The summed E-state index contributed by atoms with van der Waals surface area (Å²) in [4.78, 5) is 16.9. The molecule has 5 rings (SSSR count). The number of carbonyl (C=O) groups excluding carboxylic acids is 1. The number of aromatic amines is 1. The van der Waals surface area contributed by atoms with Crippen molar-refractivity contribution < 1.29 is 22.4 Å². The minimum atomic E-state index is -4.43. The van der Waals surface area contributed by atoms with Crippen molar-refractivity contribution in [2.45, 2.75) is 30.5 Å². The van der Waals surface area contributed by atoms with Crippen LogP contribution in [-0.4, -0.2) is 16.9 Å². The van der Waals surface area contributed by atoms with E-state index in [1.54, 1.807) is 25.1 Å². The highest BCUT2D eigenvalue weighted by Crippen LogP contribution is 2.42. The predicted molar refractivity (Wildman–Crippen MR) is 125 cm³/mol. The molecular weight excluding hydrogens is 466 g/mol. The monoisotopic (exact) mass is 485 g/mol. The van der Waals surface area contributed by atoms with Gasteiger partial charge in [0.1, 0.15) is 11.9 Å². The minimum absolute atomic E-state index is 0.236. The van der Waals surface area contributed by atoms with Gasteiger partial charge in [0.2, 0.25) is 5.91 Å². The number of benzene rings is 3. The number of hydrogen-bond acceptors (Lipinski definition) is 3. The standard InChI is InChI=1S/C25H19F4N3OS/c1-14-10-16(25(27,28)29)7-9-23(14)34-32-21-5-3-2-4-19(21)31-24(33)22(32)13-18-11-15-6-8-17(26)12-20(15)30-18/h2-12,22,30H,13H2,1H3,(H,31,33). The Bertz CT molecular complexity index is 1400. The lowest BCUT2D eigenvalue weighted by Crippen LogP contribution is -2.46. The fourth-order valence-corrected chi connectivity index (χ4v) is 5.16. The van der Waals surface area contributed by atoms with Crippen molar-refractivity contribution in [3.05, 3.63) is 89.4 Å². The molecule has 0 fully saturated rings. The maximum Gasteiger partial charge on any atom is 0.416 e. The third-order valence-corrected chi connectivity index (χ3v) is 7.04. The number of alkyl halides is 3. The van der Waals surface area contributed by atoms with Gasteiger partial charge in [-0.25, -0.2) is 4.39 Å². The van der Waals surface area contributed by atoms with Gasteiger partial charge in [0.15, 0.2) is 0 Å². The van der Waals surface area contributed by atoms with Crippen molar-refractivity contribution in [3.63, 3.8) is 0 Å². The summed E-state index contributed by atoms with van der Waals surface area (Å²) in [7, 11) is 0. The number of aryl methyl sites for hydroxylation is 1. The Morgan fingerprint density at radius 3 is 2.59 bits per heavy atom. The second kappa shape index (κ2) is 8.39. The molecule has 3 aromatic carbocycles. The molecule has 2 heterocycles. The lowest BCUT2D eigenvalue weighted by Gasteiger charge is -2.37. The molecule has 1 atom stereocenters.